The van der Waals surface area contributed by atoms with Gasteiger partial charge in [-0.05, 0) is 44.9 Å². The first-order valence-electron chi connectivity index (χ1n) is 9.94. The third kappa shape index (κ3) is 4.86. The number of rotatable bonds is 7. The van der Waals surface area contributed by atoms with E-state index in [2.05, 4.69) is 15.5 Å². The van der Waals surface area contributed by atoms with Crippen molar-refractivity contribution >= 4 is 49.5 Å². The summed E-state index contributed by atoms with van der Waals surface area (Å²) in [6.07, 6.45) is 0.600. The lowest BCUT2D eigenvalue weighted by atomic mass is 10.2. The molecule has 10 heteroatoms. The van der Waals surface area contributed by atoms with Gasteiger partial charge < -0.3 is 9.88 Å². The van der Waals surface area contributed by atoms with E-state index in [1.54, 1.807) is 0 Å². The van der Waals surface area contributed by atoms with Crippen LogP contribution in [0.25, 0.3) is 0 Å². The molecule has 0 bridgehead atoms. The highest BCUT2D eigenvalue weighted by atomic mass is 32.2. The van der Waals surface area contributed by atoms with Crippen molar-refractivity contribution in [3.05, 3.63) is 52.8 Å². The van der Waals surface area contributed by atoms with E-state index in [1.807, 2.05) is 55.7 Å². The SMILES string of the molecule is Cc1ccccc1Nc1nnc(SCC(=O)c2cc(C)n([C@@H]3CCS(=O)(=O)C3)c2C)s1. The summed E-state index contributed by atoms with van der Waals surface area (Å²) in [4.78, 5) is 12.9. The van der Waals surface area contributed by atoms with Crippen LogP contribution in [-0.4, -0.2) is 46.2 Å². The lowest BCUT2D eigenvalue weighted by Crippen LogP contribution is -2.14. The van der Waals surface area contributed by atoms with Gasteiger partial charge in [0.15, 0.2) is 20.0 Å². The summed E-state index contributed by atoms with van der Waals surface area (Å²) in [6, 6.07) is 9.73. The van der Waals surface area contributed by atoms with Gasteiger partial charge in [0.2, 0.25) is 5.13 Å². The average molecular weight is 477 g/mol. The third-order valence-corrected chi connectivity index (χ3v) is 9.20. The zero-order chi connectivity index (χ0) is 22.2. The monoisotopic (exact) mass is 476 g/mol. The van der Waals surface area contributed by atoms with Crippen molar-refractivity contribution in [3.63, 3.8) is 0 Å². The number of hydrogen-bond acceptors (Lipinski definition) is 8. The fraction of sp³-hybridized carbons (Fsp3) is 0.381. The number of hydrogen-bond donors (Lipinski definition) is 1. The standard InChI is InChI=1S/C21H24N4O3S3/c1-13-6-4-5-7-18(13)22-20-23-24-21(30-20)29-11-19(26)17-10-14(2)25(15(17)3)16-8-9-31(27,28)12-16/h4-7,10,16H,8-9,11-12H2,1-3H3,(H,22,23)/t16-/m1/s1. The minimum Gasteiger partial charge on any atom is -0.344 e. The maximum Gasteiger partial charge on any atom is 0.210 e. The molecule has 1 aliphatic heterocycles. The van der Waals surface area contributed by atoms with Gasteiger partial charge in [0.25, 0.3) is 0 Å². The van der Waals surface area contributed by atoms with Crippen molar-refractivity contribution in [3.8, 4) is 0 Å². The molecule has 1 aromatic carbocycles. The normalized spacial score (nSPS) is 17.7. The van der Waals surface area contributed by atoms with Gasteiger partial charge in [0.05, 0.1) is 17.3 Å². The summed E-state index contributed by atoms with van der Waals surface area (Å²) in [5.74, 6) is 0.622. The van der Waals surface area contributed by atoms with Gasteiger partial charge in [-0.15, -0.1) is 10.2 Å². The molecule has 0 saturated carbocycles. The molecule has 0 spiro atoms. The molecule has 4 rings (SSSR count). The summed E-state index contributed by atoms with van der Waals surface area (Å²) >= 11 is 2.78. The van der Waals surface area contributed by atoms with Crippen LogP contribution in [-0.2, 0) is 9.84 Å². The van der Waals surface area contributed by atoms with E-state index in [1.165, 1.54) is 23.1 Å². The first-order valence-corrected chi connectivity index (χ1v) is 13.6. The number of anilines is 2. The number of ketones is 1. The lowest BCUT2D eigenvalue weighted by molar-refractivity contribution is 0.102. The van der Waals surface area contributed by atoms with Crippen molar-refractivity contribution in [1.82, 2.24) is 14.8 Å². The van der Waals surface area contributed by atoms with Crippen molar-refractivity contribution in [2.75, 3.05) is 22.6 Å². The number of para-hydroxylation sites is 1. The highest BCUT2D eigenvalue weighted by Crippen LogP contribution is 2.32. The third-order valence-electron chi connectivity index (χ3n) is 5.48. The zero-order valence-electron chi connectivity index (χ0n) is 17.6. The summed E-state index contributed by atoms with van der Waals surface area (Å²) in [7, 11) is -2.99. The smallest absolute Gasteiger partial charge is 0.210 e. The number of carbonyl (C=O) groups is 1. The van der Waals surface area contributed by atoms with Crippen LogP contribution >= 0.6 is 23.1 Å². The molecule has 0 unspecified atom stereocenters. The maximum atomic E-state index is 12.9. The Labute approximate surface area is 190 Å². The van der Waals surface area contributed by atoms with Gasteiger partial charge in [-0.25, -0.2) is 8.42 Å². The summed E-state index contributed by atoms with van der Waals surface area (Å²) in [5, 5.41) is 12.3. The van der Waals surface area contributed by atoms with Gasteiger partial charge in [-0.1, -0.05) is 41.3 Å². The zero-order valence-corrected chi connectivity index (χ0v) is 20.0. The Morgan fingerprint density at radius 2 is 2.03 bits per heavy atom. The quantitative estimate of drug-likeness (QED) is 0.400. The van der Waals surface area contributed by atoms with E-state index in [-0.39, 0.29) is 29.1 Å². The van der Waals surface area contributed by atoms with Crippen LogP contribution < -0.4 is 5.32 Å². The number of thioether (sulfide) groups is 1. The lowest BCUT2D eigenvalue weighted by Gasteiger charge is -2.16. The Balaban J connectivity index is 1.41. The van der Waals surface area contributed by atoms with Crippen LogP contribution in [0.2, 0.25) is 0 Å². The number of nitrogens with zero attached hydrogens (tertiary/aromatic N) is 3. The fourth-order valence-corrected chi connectivity index (χ4v) is 7.30. The number of aryl methyl sites for hydroxylation is 2. The summed E-state index contributed by atoms with van der Waals surface area (Å²) in [6.45, 7) is 5.84. The molecule has 1 fully saturated rings. The van der Waals surface area contributed by atoms with Gasteiger partial charge in [-0.2, -0.15) is 0 Å². The van der Waals surface area contributed by atoms with Crippen LogP contribution in [0.4, 0.5) is 10.8 Å². The van der Waals surface area contributed by atoms with Crippen LogP contribution in [0.5, 0.6) is 0 Å². The Hall–Kier alpha value is -2.17. The number of aromatic nitrogens is 3. The molecule has 0 amide bonds. The van der Waals surface area contributed by atoms with E-state index < -0.39 is 9.84 Å². The van der Waals surface area contributed by atoms with Gasteiger partial charge >= 0.3 is 0 Å². The second kappa shape index (κ2) is 8.76. The van der Waals surface area contributed by atoms with Crippen molar-refractivity contribution in [1.29, 1.82) is 0 Å². The van der Waals surface area contributed by atoms with Crippen molar-refractivity contribution in [2.45, 2.75) is 37.6 Å². The predicted octanol–water partition coefficient (Wildman–Crippen LogP) is 4.34. The second-order valence-corrected chi connectivity index (χ2v) is 12.2. The van der Waals surface area contributed by atoms with Crippen molar-refractivity contribution < 1.29 is 13.2 Å². The fourth-order valence-electron chi connectivity index (χ4n) is 3.95. The largest absolute Gasteiger partial charge is 0.344 e. The highest BCUT2D eigenvalue weighted by molar-refractivity contribution is 8.01. The van der Waals surface area contributed by atoms with E-state index in [0.717, 1.165) is 27.0 Å². The number of sulfone groups is 1. The van der Waals surface area contributed by atoms with Gasteiger partial charge in [-0.3, -0.25) is 4.79 Å². The Morgan fingerprint density at radius 3 is 2.74 bits per heavy atom. The molecule has 1 atom stereocenters. The molecule has 3 heterocycles. The Kier molecular flexibility index (Phi) is 6.23. The molecular weight excluding hydrogens is 452 g/mol. The summed E-state index contributed by atoms with van der Waals surface area (Å²) < 4.78 is 26.5. The first kappa shape index (κ1) is 22.0. The molecule has 1 saturated heterocycles. The van der Waals surface area contributed by atoms with Gasteiger partial charge in [0.1, 0.15) is 0 Å². The number of benzene rings is 1. The molecule has 0 radical (unpaired) electrons. The number of Topliss-reactive ketones (excluding diaryl/α,β-unsaturated/α-hetero) is 1. The molecule has 7 nitrogen and oxygen atoms in total. The Bertz CT molecular complexity index is 1230. The van der Waals surface area contributed by atoms with Gasteiger partial charge in [0, 0.05) is 28.7 Å². The van der Waals surface area contributed by atoms with E-state index >= 15 is 0 Å². The number of carbonyl (C=O) groups excluding carboxylic acids is 1. The topological polar surface area (TPSA) is 93.9 Å². The predicted molar refractivity (Wildman–Crippen MR) is 126 cm³/mol. The van der Waals surface area contributed by atoms with E-state index in [9.17, 15) is 13.2 Å². The van der Waals surface area contributed by atoms with E-state index in [0.29, 0.717) is 17.1 Å². The highest BCUT2D eigenvalue weighted by Gasteiger charge is 2.31. The molecule has 2 aromatic heterocycles. The first-order chi connectivity index (χ1) is 14.7. The van der Waals surface area contributed by atoms with Crippen molar-refractivity contribution in [2.24, 2.45) is 0 Å². The summed E-state index contributed by atoms with van der Waals surface area (Å²) in [5.41, 5.74) is 4.51. The molecule has 164 valence electrons. The minimum atomic E-state index is -2.99. The van der Waals surface area contributed by atoms with Crippen LogP contribution in [0.1, 0.15) is 39.8 Å². The Morgan fingerprint density at radius 1 is 1.26 bits per heavy atom. The van der Waals surface area contributed by atoms with Crippen LogP contribution in [0.3, 0.4) is 0 Å². The van der Waals surface area contributed by atoms with E-state index in [4.69, 9.17) is 0 Å². The molecule has 31 heavy (non-hydrogen) atoms. The molecule has 3 aromatic rings. The second-order valence-electron chi connectivity index (χ2n) is 7.74. The minimum absolute atomic E-state index is 0.00816. The van der Waals surface area contributed by atoms with Crippen LogP contribution in [0, 0.1) is 20.8 Å². The molecular formula is C21H24N4O3S3. The molecule has 0 aliphatic carbocycles. The maximum absolute atomic E-state index is 12.9. The molecule has 1 aliphatic rings. The number of nitrogens with one attached hydrogen (secondary N) is 1. The molecule has 1 N–H and O–H groups in total. The average Bonchev–Trinajstić information content (AvgIpc) is 3.39. The van der Waals surface area contributed by atoms with Crippen LogP contribution in [0.15, 0.2) is 34.7 Å².